The zero-order chi connectivity index (χ0) is 10.7. The van der Waals surface area contributed by atoms with Gasteiger partial charge in [-0.25, -0.2) is 0 Å². The molecule has 2 aromatic rings. The molecule has 1 nitrogen and oxygen atoms in total. The van der Waals surface area contributed by atoms with E-state index in [1.54, 1.807) is 0 Å². The maximum absolute atomic E-state index is 5.91. The molecule has 3 heteroatoms. The van der Waals surface area contributed by atoms with E-state index in [0.29, 0.717) is 5.88 Å². The van der Waals surface area contributed by atoms with Gasteiger partial charge in [-0.3, -0.25) is 4.98 Å². The van der Waals surface area contributed by atoms with E-state index in [1.165, 1.54) is 0 Å². The van der Waals surface area contributed by atoms with Crippen LogP contribution in [0.25, 0.3) is 11.1 Å². The molecule has 76 valence electrons. The van der Waals surface area contributed by atoms with Gasteiger partial charge in [0.1, 0.15) is 0 Å². The van der Waals surface area contributed by atoms with E-state index in [4.69, 9.17) is 23.2 Å². The largest absolute Gasteiger partial charge is 0.259 e. The summed E-state index contributed by atoms with van der Waals surface area (Å²) in [7, 11) is 0. The summed E-state index contributed by atoms with van der Waals surface area (Å²) in [5, 5.41) is 0.730. The normalized spacial score (nSPS) is 10.3. The van der Waals surface area contributed by atoms with E-state index >= 15 is 0 Å². The predicted molar refractivity (Wildman–Crippen MR) is 64.2 cm³/mol. The molecule has 0 unspecified atom stereocenters. The maximum Gasteiger partial charge on any atom is 0.0647 e. The van der Waals surface area contributed by atoms with Crippen molar-refractivity contribution in [1.82, 2.24) is 4.98 Å². The number of nitrogens with zero attached hydrogens (tertiary/aromatic N) is 1. The molecule has 0 aliphatic heterocycles. The van der Waals surface area contributed by atoms with Gasteiger partial charge in [-0.1, -0.05) is 29.8 Å². The number of aromatic nitrogens is 1. The van der Waals surface area contributed by atoms with Gasteiger partial charge >= 0.3 is 0 Å². The Kier molecular flexibility index (Phi) is 3.24. The molecule has 0 radical (unpaired) electrons. The van der Waals surface area contributed by atoms with E-state index in [0.717, 1.165) is 21.8 Å². The van der Waals surface area contributed by atoms with Crippen molar-refractivity contribution in [2.45, 2.75) is 5.88 Å². The fraction of sp³-hybridized carbons (Fsp3) is 0.0833. The van der Waals surface area contributed by atoms with Crippen molar-refractivity contribution >= 4 is 23.2 Å². The van der Waals surface area contributed by atoms with Crippen LogP contribution in [0.3, 0.4) is 0 Å². The first-order chi connectivity index (χ1) is 7.29. The van der Waals surface area contributed by atoms with E-state index < -0.39 is 0 Å². The van der Waals surface area contributed by atoms with Crippen molar-refractivity contribution in [3.8, 4) is 11.1 Å². The molecule has 0 aliphatic carbocycles. The van der Waals surface area contributed by atoms with Gasteiger partial charge in [0.25, 0.3) is 0 Å². The van der Waals surface area contributed by atoms with Gasteiger partial charge in [-0.15, -0.1) is 11.6 Å². The van der Waals surface area contributed by atoms with Crippen LogP contribution in [0.1, 0.15) is 5.69 Å². The van der Waals surface area contributed by atoms with E-state index in [1.807, 2.05) is 42.6 Å². The van der Waals surface area contributed by atoms with Crippen LogP contribution >= 0.6 is 23.2 Å². The second-order valence-corrected chi connectivity index (χ2v) is 3.89. The van der Waals surface area contributed by atoms with Crippen LogP contribution in [-0.2, 0) is 5.88 Å². The highest BCUT2D eigenvalue weighted by molar-refractivity contribution is 6.30. The van der Waals surface area contributed by atoms with Gasteiger partial charge in [0.05, 0.1) is 11.6 Å². The summed E-state index contributed by atoms with van der Waals surface area (Å²) in [4.78, 5) is 4.23. The molecule has 1 aromatic heterocycles. The quantitative estimate of drug-likeness (QED) is 0.716. The van der Waals surface area contributed by atoms with Gasteiger partial charge in [0.2, 0.25) is 0 Å². The Morgan fingerprint density at radius 1 is 1.07 bits per heavy atom. The molecule has 0 amide bonds. The predicted octanol–water partition coefficient (Wildman–Crippen LogP) is 4.14. The number of halogens is 2. The van der Waals surface area contributed by atoms with Crippen LogP contribution in [0.5, 0.6) is 0 Å². The second-order valence-electron chi connectivity index (χ2n) is 3.18. The molecule has 0 saturated carbocycles. The Morgan fingerprint density at radius 2 is 1.93 bits per heavy atom. The number of hydrogen-bond donors (Lipinski definition) is 0. The van der Waals surface area contributed by atoms with E-state index in [-0.39, 0.29) is 0 Å². The van der Waals surface area contributed by atoms with Crippen LogP contribution in [0.4, 0.5) is 0 Å². The van der Waals surface area contributed by atoms with Crippen molar-refractivity contribution in [3.05, 3.63) is 53.3 Å². The standard InChI is InChI=1S/C12H9Cl2N/c13-7-12-5-4-10(8-15-12)9-2-1-3-11(14)6-9/h1-6,8H,7H2. The first-order valence-corrected chi connectivity index (χ1v) is 5.47. The first kappa shape index (κ1) is 10.5. The number of rotatable bonds is 2. The minimum Gasteiger partial charge on any atom is -0.259 e. The van der Waals surface area contributed by atoms with Crippen LogP contribution in [0.2, 0.25) is 5.02 Å². The third-order valence-corrected chi connectivity index (χ3v) is 2.63. The molecule has 1 aromatic carbocycles. The molecule has 0 fully saturated rings. The lowest BCUT2D eigenvalue weighted by Crippen LogP contribution is -1.85. The fourth-order valence-electron chi connectivity index (χ4n) is 1.34. The van der Waals surface area contributed by atoms with Crippen molar-refractivity contribution in [2.75, 3.05) is 0 Å². The highest BCUT2D eigenvalue weighted by Gasteiger charge is 1.99. The Bertz CT molecular complexity index is 451. The van der Waals surface area contributed by atoms with Gasteiger partial charge in [0.15, 0.2) is 0 Å². The van der Waals surface area contributed by atoms with Crippen molar-refractivity contribution in [2.24, 2.45) is 0 Å². The number of benzene rings is 1. The maximum atomic E-state index is 5.91. The third-order valence-electron chi connectivity index (χ3n) is 2.12. The molecule has 2 rings (SSSR count). The van der Waals surface area contributed by atoms with Crippen LogP contribution in [0, 0.1) is 0 Å². The van der Waals surface area contributed by atoms with Crippen molar-refractivity contribution in [3.63, 3.8) is 0 Å². The lowest BCUT2D eigenvalue weighted by molar-refractivity contribution is 1.17. The lowest BCUT2D eigenvalue weighted by atomic mass is 10.1. The van der Waals surface area contributed by atoms with Gasteiger partial charge in [-0.05, 0) is 23.8 Å². The summed E-state index contributed by atoms with van der Waals surface area (Å²) in [6.45, 7) is 0. The fourth-order valence-corrected chi connectivity index (χ4v) is 1.69. The highest BCUT2D eigenvalue weighted by atomic mass is 35.5. The van der Waals surface area contributed by atoms with Crippen molar-refractivity contribution < 1.29 is 0 Å². The summed E-state index contributed by atoms with van der Waals surface area (Å²) < 4.78 is 0. The summed E-state index contributed by atoms with van der Waals surface area (Å²) in [5.41, 5.74) is 2.99. The lowest BCUT2D eigenvalue weighted by Gasteiger charge is -2.02. The molecular weight excluding hydrogens is 229 g/mol. The number of pyridine rings is 1. The zero-order valence-corrected chi connectivity index (χ0v) is 9.46. The minimum absolute atomic E-state index is 0.440. The molecule has 1 heterocycles. The van der Waals surface area contributed by atoms with E-state index in [2.05, 4.69) is 4.98 Å². The Hall–Kier alpha value is -1.05. The van der Waals surface area contributed by atoms with Gasteiger partial charge < -0.3 is 0 Å². The average molecular weight is 238 g/mol. The Balaban J connectivity index is 2.37. The second kappa shape index (κ2) is 4.65. The monoisotopic (exact) mass is 237 g/mol. The molecule has 0 bridgehead atoms. The zero-order valence-electron chi connectivity index (χ0n) is 7.95. The molecule has 0 N–H and O–H groups in total. The van der Waals surface area contributed by atoms with Gasteiger partial charge in [-0.2, -0.15) is 0 Å². The van der Waals surface area contributed by atoms with Gasteiger partial charge in [0, 0.05) is 16.8 Å². The summed E-state index contributed by atoms with van der Waals surface area (Å²) in [5.74, 6) is 0.440. The highest BCUT2D eigenvalue weighted by Crippen LogP contribution is 2.22. The smallest absolute Gasteiger partial charge is 0.0647 e. The topological polar surface area (TPSA) is 12.9 Å². The third kappa shape index (κ3) is 2.49. The Morgan fingerprint density at radius 3 is 2.53 bits per heavy atom. The van der Waals surface area contributed by atoms with Crippen LogP contribution < -0.4 is 0 Å². The molecule has 0 aliphatic rings. The number of alkyl halides is 1. The van der Waals surface area contributed by atoms with Crippen LogP contribution in [-0.4, -0.2) is 4.98 Å². The molecule has 15 heavy (non-hydrogen) atoms. The van der Waals surface area contributed by atoms with Crippen molar-refractivity contribution in [1.29, 1.82) is 0 Å². The average Bonchev–Trinajstić information content (AvgIpc) is 2.29. The summed E-state index contributed by atoms with van der Waals surface area (Å²) in [6.07, 6.45) is 1.81. The molecule has 0 spiro atoms. The molecule has 0 atom stereocenters. The Labute approximate surface area is 98.7 Å². The first-order valence-electron chi connectivity index (χ1n) is 4.56. The van der Waals surface area contributed by atoms with E-state index in [9.17, 15) is 0 Å². The minimum atomic E-state index is 0.440. The summed E-state index contributed by atoms with van der Waals surface area (Å²) >= 11 is 11.6. The van der Waals surface area contributed by atoms with Crippen LogP contribution in [0.15, 0.2) is 42.6 Å². The molecular formula is C12H9Cl2N. The SMILES string of the molecule is ClCc1ccc(-c2cccc(Cl)c2)cn1. The number of hydrogen-bond acceptors (Lipinski definition) is 1. The molecule has 0 saturated heterocycles. The summed E-state index contributed by atoms with van der Waals surface area (Å²) in [6, 6.07) is 11.6.